The van der Waals surface area contributed by atoms with Crippen molar-refractivity contribution in [2.45, 2.75) is 38.1 Å². The van der Waals surface area contributed by atoms with Gasteiger partial charge < -0.3 is 20.1 Å². The van der Waals surface area contributed by atoms with Gasteiger partial charge in [-0.05, 0) is 93.7 Å². The summed E-state index contributed by atoms with van der Waals surface area (Å²) in [4.78, 5) is 49.1. The second-order valence-corrected chi connectivity index (χ2v) is 12.7. The van der Waals surface area contributed by atoms with Crippen molar-refractivity contribution >= 4 is 40.3 Å². The highest BCUT2D eigenvalue weighted by Crippen LogP contribution is 2.31. The molecule has 11 heteroatoms. The number of aryl methyl sites for hydroxylation is 3. The van der Waals surface area contributed by atoms with E-state index in [1.54, 1.807) is 19.3 Å². The molecule has 2 aliphatic rings. The standard InChI is InChI=1S/C33H35FN6O3S/c1-38(2)29(32(42)40-15-6-16-40)20-9-12-23(13-10-20)35-30-33(43)39(3)19-26(36-30)21-11-14-24(34)25(17-21)37-31(41)28-18-22-7-4-5-8-27(22)44-28/h9-14,17-19,29H,4-8,15-16H2,1-3H3,(H,35,36)(H,37,41). The van der Waals surface area contributed by atoms with Gasteiger partial charge in [-0.15, -0.1) is 11.3 Å². The summed E-state index contributed by atoms with van der Waals surface area (Å²) in [6.07, 6.45) is 6.79. The van der Waals surface area contributed by atoms with E-state index in [9.17, 15) is 18.8 Å². The average Bonchev–Trinajstić information content (AvgIpc) is 3.41. The van der Waals surface area contributed by atoms with Gasteiger partial charge >= 0.3 is 0 Å². The molecule has 1 saturated heterocycles. The molecule has 0 bridgehead atoms. The van der Waals surface area contributed by atoms with E-state index in [1.807, 2.05) is 54.2 Å². The van der Waals surface area contributed by atoms with E-state index in [2.05, 4.69) is 15.6 Å². The van der Waals surface area contributed by atoms with Crippen LogP contribution in [0.4, 0.5) is 21.6 Å². The molecular formula is C33H35FN6O3S. The number of hydrogen-bond acceptors (Lipinski definition) is 7. The number of likely N-dealkylation sites (N-methyl/N-ethyl adjacent to an activating group) is 1. The van der Waals surface area contributed by atoms with Gasteiger partial charge in [0.05, 0.1) is 16.3 Å². The second kappa shape index (κ2) is 12.3. The number of halogens is 1. The quantitative estimate of drug-likeness (QED) is 0.277. The molecule has 1 fully saturated rings. The van der Waals surface area contributed by atoms with Crippen molar-refractivity contribution in [3.05, 3.63) is 91.8 Å². The molecule has 1 aliphatic carbocycles. The van der Waals surface area contributed by atoms with Gasteiger partial charge in [0.2, 0.25) is 5.91 Å². The number of nitrogens with zero attached hydrogens (tertiary/aromatic N) is 4. The predicted octanol–water partition coefficient (Wildman–Crippen LogP) is 5.36. The maximum Gasteiger partial charge on any atom is 0.293 e. The van der Waals surface area contributed by atoms with E-state index in [-0.39, 0.29) is 28.9 Å². The lowest BCUT2D eigenvalue weighted by Crippen LogP contribution is -2.47. The molecule has 6 rings (SSSR count). The number of nitrogens with one attached hydrogen (secondary N) is 2. The fraction of sp³-hybridized carbons (Fsp3) is 0.333. The van der Waals surface area contributed by atoms with Crippen molar-refractivity contribution < 1.29 is 14.0 Å². The van der Waals surface area contributed by atoms with Crippen molar-refractivity contribution in [3.63, 3.8) is 0 Å². The van der Waals surface area contributed by atoms with Crippen LogP contribution in [0, 0.1) is 5.82 Å². The van der Waals surface area contributed by atoms with Gasteiger partial charge in [-0.25, -0.2) is 9.37 Å². The number of likely N-dealkylation sites (tertiary alicyclic amines) is 1. The average molecular weight is 615 g/mol. The molecule has 0 spiro atoms. The molecule has 2 aromatic heterocycles. The second-order valence-electron chi connectivity index (χ2n) is 11.6. The van der Waals surface area contributed by atoms with Crippen LogP contribution in [0.25, 0.3) is 11.3 Å². The van der Waals surface area contributed by atoms with Crippen LogP contribution >= 0.6 is 11.3 Å². The largest absolute Gasteiger partial charge is 0.341 e. The summed E-state index contributed by atoms with van der Waals surface area (Å²) in [6, 6.07) is 13.3. The van der Waals surface area contributed by atoms with Gasteiger partial charge in [0.1, 0.15) is 11.9 Å². The Labute approximate surface area is 259 Å². The van der Waals surface area contributed by atoms with Gasteiger partial charge in [-0.1, -0.05) is 12.1 Å². The number of rotatable bonds is 8. The summed E-state index contributed by atoms with van der Waals surface area (Å²) in [7, 11) is 5.39. The van der Waals surface area contributed by atoms with Crippen LogP contribution in [-0.4, -0.2) is 58.4 Å². The first-order valence-corrected chi connectivity index (χ1v) is 15.6. The molecule has 9 nitrogen and oxygen atoms in total. The Morgan fingerprint density at radius 3 is 2.45 bits per heavy atom. The fourth-order valence-corrected chi connectivity index (χ4v) is 6.80. The third kappa shape index (κ3) is 6.02. The number of benzene rings is 2. The minimum atomic E-state index is -0.560. The Morgan fingerprint density at radius 2 is 1.77 bits per heavy atom. The lowest BCUT2D eigenvalue weighted by molar-refractivity contribution is -0.139. The lowest BCUT2D eigenvalue weighted by Gasteiger charge is -2.36. The van der Waals surface area contributed by atoms with Crippen LogP contribution in [0.1, 0.15) is 51.0 Å². The maximum absolute atomic E-state index is 14.8. The van der Waals surface area contributed by atoms with Gasteiger partial charge in [0, 0.05) is 42.5 Å². The normalized spacial score (nSPS) is 15.0. The molecular weight excluding hydrogens is 579 g/mol. The molecule has 0 radical (unpaired) electrons. The molecule has 2 aromatic carbocycles. The Kier molecular flexibility index (Phi) is 8.33. The fourth-order valence-electron chi connectivity index (χ4n) is 5.65. The van der Waals surface area contributed by atoms with Crippen molar-refractivity contribution in [2.24, 2.45) is 7.05 Å². The summed E-state index contributed by atoms with van der Waals surface area (Å²) in [5, 5.41) is 5.83. The van der Waals surface area contributed by atoms with E-state index >= 15 is 0 Å². The van der Waals surface area contributed by atoms with Crippen LogP contribution in [0.5, 0.6) is 0 Å². The molecule has 1 atom stereocenters. The van der Waals surface area contributed by atoms with Crippen molar-refractivity contribution in [1.29, 1.82) is 0 Å². The summed E-state index contributed by atoms with van der Waals surface area (Å²) in [6.45, 7) is 1.57. The Morgan fingerprint density at radius 1 is 1.02 bits per heavy atom. The molecule has 228 valence electrons. The molecule has 3 heterocycles. The highest BCUT2D eigenvalue weighted by Gasteiger charge is 2.30. The van der Waals surface area contributed by atoms with E-state index < -0.39 is 11.9 Å². The third-order valence-corrected chi connectivity index (χ3v) is 9.44. The van der Waals surface area contributed by atoms with Gasteiger partial charge in [0.15, 0.2) is 5.82 Å². The highest BCUT2D eigenvalue weighted by atomic mass is 32.1. The SMILES string of the molecule is CN(C)C(C(=O)N1CCC1)c1ccc(Nc2nc(-c3ccc(F)c(NC(=O)c4cc5c(s4)CCCC5)c3)cn(C)c2=O)cc1. The van der Waals surface area contributed by atoms with E-state index in [1.165, 1.54) is 38.5 Å². The molecule has 4 aromatic rings. The minimum Gasteiger partial charge on any atom is -0.341 e. The zero-order valence-corrected chi connectivity index (χ0v) is 25.8. The Hall–Kier alpha value is -4.35. The lowest BCUT2D eigenvalue weighted by atomic mass is 9.99. The molecule has 0 saturated carbocycles. The summed E-state index contributed by atoms with van der Waals surface area (Å²) >= 11 is 1.47. The Balaban J connectivity index is 1.22. The summed E-state index contributed by atoms with van der Waals surface area (Å²) in [5.74, 6) is -0.731. The first kappa shape index (κ1) is 29.7. The highest BCUT2D eigenvalue weighted by molar-refractivity contribution is 7.14. The molecule has 1 aliphatic heterocycles. The molecule has 2 N–H and O–H groups in total. The zero-order valence-electron chi connectivity index (χ0n) is 25.0. The van der Waals surface area contributed by atoms with E-state index in [4.69, 9.17) is 0 Å². The number of thiophene rings is 1. The third-order valence-electron chi connectivity index (χ3n) is 8.21. The van der Waals surface area contributed by atoms with E-state index in [0.29, 0.717) is 21.8 Å². The first-order chi connectivity index (χ1) is 21.2. The van der Waals surface area contributed by atoms with E-state index in [0.717, 1.165) is 50.8 Å². The first-order valence-electron chi connectivity index (χ1n) is 14.8. The summed E-state index contributed by atoms with van der Waals surface area (Å²) in [5.41, 5.74) is 3.38. The molecule has 44 heavy (non-hydrogen) atoms. The minimum absolute atomic E-state index is 0.0443. The topological polar surface area (TPSA) is 99.6 Å². The zero-order chi connectivity index (χ0) is 31.0. The van der Waals surface area contributed by atoms with Crippen LogP contribution in [0.3, 0.4) is 0 Å². The summed E-state index contributed by atoms with van der Waals surface area (Å²) < 4.78 is 16.2. The van der Waals surface area contributed by atoms with Crippen LogP contribution in [0.15, 0.2) is 59.5 Å². The Bertz CT molecular complexity index is 1750. The number of carbonyl (C=O) groups is 2. The number of carbonyl (C=O) groups excluding carboxylic acids is 2. The van der Waals surface area contributed by atoms with Gasteiger partial charge in [0.25, 0.3) is 11.5 Å². The predicted molar refractivity (Wildman–Crippen MR) is 171 cm³/mol. The van der Waals surface area contributed by atoms with Gasteiger partial charge in [-0.3, -0.25) is 19.3 Å². The van der Waals surface area contributed by atoms with Crippen LogP contribution in [-0.2, 0) is 24.7 Å². The monoisotopic (exact) mass is 614 g/mol. The molecule has 1 unspecified atom stereocenters. The van der Waals surface area contributed by atoms with Crippen LogP contribution in [0.2, 0.25) is 0 Å². The number of amides is 2. The number of fused-ring (bicyclic) bond motifs is 1. The molecule has 2 amide bonds. The number of aromatic nitrogens is 2. The smallest absolute Gasteiger partial charge is 0.293 e. The maximum atomic E-state index is 14.8. The number of anilines is 3. The van der Waals surface area contributed by atoms with Crippen molar-refractivity contribution in [2.75, 3.05) is 37.8 Å². The van der Waals surface area contributed by atoms with Crippen LogP contribution < -0.4 is 16.2 Å². The van der Waals surface area contributed by atoms with Gasteiger partial charge in [-0.2, -0.15) is 0 Å². The van der Waals surface area contributed by atoms with Crippen molar-refractivity contribution in [3.8, 4) is 11.3 Å². The number of hydrogen-bond donors (Lipinski definition) is 2. The van der Waals surface area contributed by atoms with Crippen molar-refractivity contribution in [1.82, 2.24) is 19.4 Å².